The number of furan rings is 1. The van der Waals surface area contributed by atoms with Crippen molar-refractivity contribution in [3.8, 4) is 0 Å². The molecule has 1 aliphatic rings. The second kappa shape index (κ2) is 10.2. The van der Waals surface area contributed by atoms with Crippen LogP contribution in [0, 0.1) is 13.8 Å². The minimum atomic E-state index is -0.545. The van der Waals surface area contributed by atoms with Crippen molar-refractivity contribution >= 4 is 23.4 Å². The number of hydrazine groups is 1. The lowest BCUT2D eigenvalue weighted by Gasteiger charge is -2.13. The standard InChI is InChI=1S/C26H26N4O4/c1-16-9-6-7-12-19(16)25(32)29-27-20-13-8-14-21-23(20)17(2)24(34-21)26(33)30-28-22(31)15-18-10-4-3-5-11-18/h3-7,9-12H,8,13-15H2,1-2H3,(H,28,31)(H,29,32)(H,30,33)/b27-20+. The van der Waals surface area contributed by atoms with Crippen molar-refractivity contribution in [2.24, 2.45) is 5.10 Å². The summed E-state index contributed by atoms with van der Waals surface area (Å²) in [7, 11) is 0. The van der Waals surface area contributed by atoms with E-state index in [-0.39, 0.29) is 24.0 Å². The molecule has 1 heterocycles. The Labute approximate surface area is 197 Å². The van der Waals surface area contributed by atoms with E-state index in [1.165, 1.54) is 0 Å². The fourth-order valence-electron chi connectivity index (χ4n) is 4.01. The third-order valence-corrected chi connectivity index (χ3v) is 5.74. The van der Waals surface area contributed by atoms with Gasteiger partial charge < -0.3 is 4.42 Å². The van der Waals surface area contributed by atoms with Crippen molar-refractivity contribution in [3.63, 3.8) is 0 Å². The topological polar surface area (TPSA) is 113 Å². The zero-order valence-electron chi connectivity index (χ0n) is 19.1. The third kappa shape index (κ3) is 5.06. The van der Waals surface area contributed by atoms with Crippen LogP contribution in [-0.4, -0.2) is 23.4 Å². The number of rotatable bonds is 5. The number of carbonyl (C=O) groups excluding carboxylic acids is 3. The summed E-state index contributed by atoms with van der Waals surface area (Å²) in [6, 6.07) is 16.5. The number of hydrazone groups is 1. The number of aryl methyl sites for hydroxylation is 2. The normalized spacial score (nSPS) is 13.8. The molecular weight excluding hydrogens is 432 g/mol. The molecule has 2 aromatic carbocycles. The first-order chi connectivity index (χ1) is 16.4. The number of amides is 3. The predicted molar refractivity (Wildman–Crippen MR) is 127 cm³/mol. The molecule has 3 aromatic rings. The maximum absolute atomic E-state index is 12.7. The Bertz CT molecular complexity index is 1260. The van der Waals surface area contributed by atoms with Crippen LogP contribution >= 0.6 is 0 Å². The van der Waals surface area contributed by atoms with Crippen LogP contribution in [0.4, 0.5) is 0 Å². The van der Waals surface area contributed by atoms with Crippen molar-refractivity contribution in [1.82, 2.24) is 16.3 Å². The molecular formula is C26H26N4O4. The molecule has 8 nitrogen and oxygen atoms in total. The van der Waals surface area contributed by atoms with Crippen LogP contribution in [0.25, 0.3) is 0 Å². The summed E-state index contributed by atoms with van der Waals surface area (Å²) < 4.78 is 5.83. The highest BCUT2D eigenvalue weighted by Crippen LogP contribution is 2.29. The van der Waals surface area contributed by atoms with Gasteiger partial charge in [-0.2, -0.15) is 5.10 Å². The molecule has 0 spiro atoms. The van der Waals surface area contributed by atoms with Crippen molar-refractivity contribution in [2.75, 3.05) is 0 Å². The molecule has 0 unspecified atom stereocenters. The number of nitrogens with zero attached hydrogens (tertiary/aromatic N) is 1. The summed E-state index contributed by atoms with van der Waals surface area (Å²) in [4.78, 5) is 37.4. The van der Waals surface area contributed by atoms with Crippen LogP contribution in [0.1, 0.15) is 61.8 Å². The van der Waals surface area contributed by atoms with Crippen molar-refractivity contribution in [1.29, 1.82) is 0 Å². The van der Waals surface area contributed by atoms with Crippen LogP contribution in [0.3, 0.4) is 0 Å². The summed E-state index contributed by atoms with van der Waals surface area (Å²) >= 11 is 0. The van der Waals surface area contributed by atoms with Crippen LogP contribution in [-0.2, 0) is 17.6 Å². The number of hydrogen-bond acceptors (Lipinski definition) is 5. The molecule has 3 N–H and O–H groups in total. The van der Waals surface area contributed by atoms with E-state index in [1.807, 2.05) is 49.4 Å². The highest BCUT2D eigenvalue weighted by Gasteiger charge is 2.28. The smallest absolute Gasteiger partial charge is 0.305 e. The number of benzene rings is 2. The zero-order valence-corrected chi connectivity index (χ0v) is 19.1. The Morgan fingerprint density at radius 2 is 1.65 bits per heavy atom. The lowest BCUT2D eigenvalue weighted by Crippen LogP contribution is -2.42. The number of hydrogen-bond donors (Lipinski definition) is 3. The predicted octanol–water partition coefficient (Wildman–Crippen LogP) is 3.37. The first kappa shape index (κ1) is 23.0. The Kier molecular flexibility index (Phi) is 6.87. The number of carbonyl (C=O) groups is 3. The summed E-state index contributed by atoms with van der Waals surface area (Å²) in [5, 5.41) is 4.35. The second-order valence-electron chi connectivity index (χ2n) is 8.19. The quantitative estimate of drug-likeness (QED) is 0.509. The van der Waals surface area contributed by atoms with E-state index in [1.54, 1.807) is 19.1 Å². The molecule has 4 rings (SSSR count). The van der Waals surface area contributed by atoms with Gasteiger partial charge in [0, 0.05) is 23.1 Å². The van der Waals surface area contributed by atoms with E-state index in [0.29, 0.717) is 35.4 Å². The van der Waals surface area contributed by atoms with Gasteiger partial charge in [0.1, 0.15) is 5.76 Å². The number of nitrogens with one attached hydrogen (secondary N) is 3. The van der Waals surface area contributed by atoms with Gasteiger partial charge in [0.25, 0.3) is 5.91 Å². The molecule has 0 saturated heterocycles. The first-order valence-corrected chi connectivity index (χ1v) is 11.1. The van der Waals surface area contributed by atoms with Gasteiger partial charge in [-0.05, 0) is 43.9 Å². The maximum atomic E-state index is 12.7. The Morgan fingerprint density at radius 3 is 2.41 bits per heavy atom. The Hall–Kier alpha value is -4.20. The molecule has 34 heavy (non-hydrogen) atoms. The Morgan fingerprint density at radius 1 is 0.912 bits per heavy atom. The van der Waals surface area contributed by atoms with Crippen LogP contribution < -0.4 is 16.3 Å². The first-order valence-electron chi connectivity index (χ1n) is 11.1. The zero-order chi connectivity index (χ0) is 24.1. The fourth-order valence-corrected chi connectivity index (χ4v) is 4.01. The molecule has 0 saturated carbocycles. The molecule has 0 fully saturated rings. The van der Waals surface area contributed by atoms with Gasteiger partial charge in [0.15, 0.2) is 5.76 Å². The van der Waals surface area contributed by atoms with E-state index >= 15 is 0 Å². The molecule has 174 valence electrons. The maximum Gasteiger partial charge on any atom is 0.305 e. The lowest BCUT2D eigenvalue weighted by atomic mass is 9.93. The Balaban J connectivity index is 1.45. The SMILES string of the molecule is Cc1ccccc1C(=O)N/N=C1\CCCc2oc(C(=O)NNC(=O)Cc3ccccc3)c(C)c21. The van der Waals surface area contributed by atoms with E-state index in [0.717, 1.165) is 23.1 Å². The van der Waals surface area contributed by atoms with Gasteiger partial charge in [-0.25, -0.2) is 5.43 Å². The highest BCUT2D eigenvalue weighted by molar-refractivity contribution is 6.07. The summed E-state index contributed by atoms with van der Waals surface area (Å²) in [5.41, 5.74) is 11.7. The third-order valence-electron chi connectivity index (χ3n) is 5.74. The van der Waals surface area contributed by atoms with E-state index in [4.69, 9.17) is 4.42 Å². The van der Waals surface area contributed by atoms with Gasteiger partial charge in [-0.1, -0.05) is 48.5 Å². The van der Waals surface area contributed by atoms with Crippen LogP contribution in [0.5, 0.6) is 0 Å². The molecule has 8 heteroatoms. The van der Waals surface area contributed by atoms with E-state index in [2.05, 4.69) is 21.4 Å². The summed E-state index contributed by atoms with van der Waals surface area (Å²) in [5.74, 6) is -0.414. The van der Waals surface area contributed by atoms with Gasteiger partial charge >= 0.3 is 5.91 Å². The van der Waals surface area contributed by atoms with Crippen LogP contribution in [0.2, 0.25) is 0 Å². The molecule has 0 aliphatic heterocycles. The molecule has 1 aromatic heterocycles. The largest absolute Gasteiger partial charge is 0.455 e. The highest BCUT2D eigenvalue weighted by atomic mass is 16.4. The molecule has 0 radical (unpaired) electrons. The fraction of sp³-hybridized carbons (Fsp3) is 0.231. The average Bonchev–Trinajstić information content (AvgIpc) is 3.19. The van der Waals surface area contributed by atoms with Crippen molar-refractivity contribution < 1.29 is 18.8 Å². The van der Waals surface area contributed by atoms with Gasteiger partial charge in [0.05, 0.1) is 12.1 Å². The second-order valence-corrected chi connectivity index (χ2v) is 8.19. The summed E-state index contributed by atoms with van der Waals surface area (Å²) in [6.45, 7) is 3.64. The molecule has 0 bridgehead atoms. The molecule has 3 amide bonds. The van der Waals surface area contributed by atoms with Gasteiger partial charge in [-0.15, -0.1) is 0 Å². The van der Waals surface area contributed by atoms with E-state index in [9.17, 15) is 14.4 Å². The monoisotopic (exact) mass is 458 g/mol. The minimum Gasteiger partial charge on any atom is -0.455 e. The summed E-state index contributed by atoms with van der Waals surface area (Å²) in [6.07, 6.45) is 2.24. The molecule has 1 aliphatic carbocycles. The molecule has 0 atom stereocenters. The van der Waals surface area contributed by atoms with E-state index < -0.39 is 5.91 Å². The minimum absolute atomic E-state index is 0.116. The lowest BCUT2D eigenvalue weighted by molar-refractivity contribution is -0.121. The average molecular weight is 459 g/mol. The van der Waals surface area contributed by atoms with Gasteiger partial charge in [-0.3, -0.25) is 25.2 Å². The van der Waals surface area contributed by atoms with Gasteiger partial charge in [0.2, 0.25) is 5.91 Å². The van der Waals surface area contributed by atoms with Crippen molar-refractivity contribution in [2.45, 2.75) is 39.5 Å². The van der Waals surface area contributed by atoms with Crippen LogP contribution in [0.15, 0.2) is 64.1 Å². The van der Waals surface area contributed by atoms with Crippen molar-refractivity contribution in [3.05, 3.63) is 93.9 Å². The number of fused-ring (bicyclic) bond motifs is 1.